The molecule has 0 spiro atoms. The highest BCUT2D eigenvalue weighted by atomic mass is 35.5. The first-order chi connectivity index (χ1) is 7.79. The second kappa shape index (κ2) is 4.78. The van der Waals surface area contributed by atoms with E-state index in [0.717, 1.165) is 5.69 Å². The summed E-state index contributed by atoms with van der Waals surface area (Å²) in [6.07, 6.45) is 1.60. The van der Waals surface area contributed by atoms with Gasteiger partial charge in [-0.05, 0) is 18.2 Å². The van der Waals surface area contributed by atoms with Gasteiger partial charge in [-0.2, -0.15) is 4.98 Å². The molecule has 2 rings (SSSR count). The predicted molar refractivity (Wildman–Crippen MR) is 64.6 cm³/mol. The minimum Gasteiger partial charge on any atom is -0.339 e. The highest BCUT2D eigenvalue weighted by Gasteiger charge is 2.01. The van der Waals surface area contributed by atoms with Crippen LogP contribution < -0.4 is 16.6 Å². The van der Waals surface area contributed by atoms with Gasteiger partial charge in [-0.25, -0.2) is 10.8 Å². The van der Waals surface area contributed by atoms with E-state index < -0.39 is 0 Å². The molecule has 0 unspecified atom stereocenters. The van der Waals surface area contributed by atoms with Gasteiger partial charge in [0.25, 0.3) is 0 Å². The number of para-hydroxylation sites is 1. The molecule has 0 aliphatic heterocycles. The van der Waals surface area contributed by atoms with E-state index in [1.54, 1.807) is 18.3 Å². The zero-order valence-electron chi connectivity index (χ0n) is 8.31. The molecule has 0 atom stereocenters. The number of halogens is 1. The lowest BCUT2D eigenvalue weighted by Gasteiger charge is -2.07. The molecule has 4 N–H and O–H groups in total. The standard InChI is InChI=1S/C10H10ClN5/c11-7-3-1-2-4-8(7)14-9-5-6-13-10(15-9)16-12/h1-6H,12H2,(H2,13,14,15,16). The molecule has 1 aromatic heterocycles. The molecular formula is C10H10ClN5. The average molecular weight is 236 g/mol. The van der Waals surface area contributed by atoms with Crippen molar-refractivity contribution in [2.75, 3.05) is 10.7 Å². The van der Waals surface area contributed by atoms with Gasteiger partial charge in [-0.15, -0.1) is 0 Å². The summed E-state index contributed by atoms with van der Waals surface area (Å²) in [5.74, 6) is 6.18. The average Bonchev–Trinajstić information content (AvgIpc) is 2.32. The van der Waals surface area contributed by atoms with Crippen LogP contribution in [0.4, 0.5) is 17.5 Å². The molecule has 1 aromatic carbocycles. The molecule has 0 aliphatic carbocycles. The molecule has 0 aliphatic rings. The van der Waals surface area contributed by atoms with Crippen molar-refractivity contribution in [2.45, 2.75) is 0 Å². The van der Waals surface area contributed by atoms with Crippen LogP contribution in [0.15, 0.2) is 36.5 Å². The molecule has 0 amide bonds. The van der Waals surface area contributed by atoms with Gasteiger partial charge in [0, 0.05) is 6.20 Å². The number of nitrogens with zero attached hydrogens (tertiary/aromatic N) is 2. The Labute approximate surface area is 97.6 Å². The quantitative estimate of drug-likeness (QED) is 0.562. The van der Waals surface area contributed by atoms with Crippen molar-refractivity contribution in [3.05, 3.63) is 41.6 Å². The molecule has 6 heteroatoms. The molecule has 0 saturated carbocycles. The topological polar surface area (TPSA) is 75.9 Å². The first-order valence-electron chi connectivity index (χ1n) is 4.61. The van der Waals surface area contributed by atoms with Crippen LogP contribution in [0.1, 0.15) is 0 Å². The highest BCUT2D eigenvalue weighted by molar-refractivity contribution is 6.33. The normalized spacial score (nSPS) is 9.88. The van der Waals surface area contributed by atoms with Gasteiger partial charge in [0.1, 0.15) is 5.82 Å². The van der Waals surface area contributed by atoms with Crippen molar-refractivity contribution in [3.63, 3.8) is 0 Å². The third kappa shape index (κ3) is 2.39. The number of nitrogens with one attached hydrogen (secondary N) is 2. The fourth-order valence-electron chi connectivity index (χ4n) is 1.20. The first-order valence-corrected chi connectivity index (χ1v) is 4.98. The molecule has 0 fully saturated rings. The van der Waals surface area contributed by atoms with Gasteiger partial charge >= 0.3 is 0 Å². The minimum absolute atomic E-state index is 0.344. The van der Waals surface area contributed by atoms with Crippen molar-refractivity contribution in [3.8, 4) is 0 Å². The molecular weight excluding hydrogens is 226 g/mol. The number of anilines is 3. The Morgan fingerprint density at radius 3 is 2.75 bits per heavy atom. The molecule has 0 bridgehead atoms. The first kappa shape index (κ1) is 10.7. The summed E-state index contributed by atoms with van der Waals surface area (Å²) in [5.41, 5.74) is 3.16. The van der Waals surface area contributed by atoms with Gasteiger partial charge in [-0.1, -0.05) is 23.7 Å². The molecule has 0 radical (unpaired) electrons. The largest absolute Gasteiger partial charge is 0.339 e. The van der Waals surface area contributed by atoms with E-state index in [0.29, 0.717) is 16.8 Å². The molecule has 2 aromatic rings. The second-order valence-corrected chi connectivity index (χ2v) is 3.42. The van der Waals surface area contributed by atoms with Crippen LogP contribution in [0.2, 0.25) is 5.02 Å². The summed E-state index contributed by atoms with van der Waals surface area (Å²) in [4.78, 5) is 8.01. The molecule has 0 saturated heterocycles. The lowest BCUT2D eigenvalue weighted by molar-refractivity contribution is 1.12. The zero-order chi connectivity index (χ0) is 11.4. The predicted octanol–water partition coefficient (Wildman–Crippen LogP) is 2.16. The summed E-state index contributed by atoms with van der Waals surface area (Å²) in [6, 6.07) is 9.13. The third-order valence-electron chi connectivity index (χ3n) is 1.92. The van der Waals surface area contributed by atoms with Crippen LogP contribution in [0.3, 0.4) is 0 Å². The Morgan fingerprint density at radius 1 is 1.19 bits per heavy atom. The SMILES string of the molecule is NNc1nccc(Nc2ccccc2Cl)n1. The van der Waals surface area contributed by atoms with Crippen molar-refractivity contribution >= 4 is 29.1 Å². The summed E-state index contributed by atoms with van der Waals surface area (Å²) in [7, 11) is 0. The van der Waals surface area contributed by atoms with Crippen LogP contribution in [0, 0.1) is 0 Å². The monoisotopic (exact) mass is 235 g/mol. The zero-order valence-corrected chi connectivity index (χ0v) is 9.07. The van der Waals surface area contributed by atoms with Crippen LogP contribution in [0.5, 0.6) is 0 Å². The fourth-order valence-corrected chi connectivity index (χ4v) is 1.38. The molecule has 16 heavy (non-hydrogen) atoms. The third-order valence-corrected chi connectivity index (χ3v) is 2.25. The Balaban J connectivity index is 2.24. The fraction of sp³-hybridized carbons (Fsp3) is 0. The van der Waals surface area contributed by atoms with E-state index in [9.17, 15) is 0 Å². The summed E-state index contributed by atoms with van der Waals surface area (Å²) >= 11 is 6.00. The number of rotatable bonds is 3. The number of hydrogen-bond donors (Lipinski definition) is 3. The number of hydrazine groups is 1. The van der Waals surface area contributed by atoms with E-state index in [1.165, 1.54) is 0 Å². The maximum absolute atomic E-state index is 6.00. The van der Waals surface area contributed by atoms with E-state index in [1.807, 2.05) is 18.2 Å². The Kier molecular flexibility index (Phi) is 3.19. The van der Waals surface area contributed by atoms with E-state index in [2.05, 4.69) is 20.7 Å². The number of nitrogens with two attached hydrogens (primary N) is 1. The van der Waals surface area contributed by atoms with Crippen molar-refractivity contribution in [1.29, 1.82) is 0 Å². The lowest BCUT2D eigenvalue weighted by Crippen LogP contribution is -2.10. The van der Waals surface area contributed by atoms with Gasteiger partial charge in [0.05, 0.1) is 10.7 Å². The molecule has 82 valence electrons. The lowest BCUT2D eigenvalue weighted by atomic mass is 10.3. The smallest absolute Gasteiger partial charge is 0.239 e. The van der Waals surface area contributed by atoms with Crippen molar-refractivity contribution in [2.24, 2.45) is 5.84 Å². The van der Waals surface area contributed by atoms with Crippen molar-refractivity contribution < 1.29 is 0 Å². The number of nitrogen functional groups attached to an aromatic ring is 1. The maximum atomic E-state index is 6.00. The molecule has 5 nitrogen and oxygen atoms in total. The minimum atomic E-state index is 0.344. The van der Waals surface area contributed by atoms with Crippen LogP contribution in [-0.2, 0) is 0 Å². The Morgan fingerprint density at radius 2 is 2.00 bits per heavy atom. The van der Waals surface area contributed by atoms with Crippen LogP contribution >= 0.6 is 11.6 Å². The van der Waals surface area contributed by atoms with E-state index >= 15 is 0 Å². The van der Waals surface area contributed by atoms with E-state index in [-0.39, 0.29) is 0 Å². The number of benzene rings is 1. The summed E-state index contributed by atoms with van der Waals surface area (Å²) in [6.45, 7) is 0. The number of hydrogen-bond acceptors (Lipinski definition) is 5. The summed E-state index contributed by atoms with van der Waals surface area (Å²) in [5, 5.41) is 3.70. The Hall–Kier alpha value is -1.85. The highest BCUT2D eigenvalue weighted by Crippen LogP contribution is 2.23. The summed E-state index contributed by atoms with van der Waals surface area (Å²) < 4.78 is 0. The van der Waals surface area contributed by atoms with Crippen LogP contribution in [-0.4, -0.2) is 9.97 Å². The second-order valence-electron chi connectivity index (χ2n) is 3.01. The van der Waals surface area contributed by atoms with Gasteiger partial charge in [-0.3, -0.25) is 5.43 Å². The van der Waals surface area contributed by atoms with Crippen molar-refractivity contribution in [1.82, 2.24) is 9.97 Å². The Bertz CT molecular complexity index is 488. The van der Waals surface area contributed by atoms with Gasteiger partial charge in [0.2, 0.25) is 5.95 Å². The number of aromatic nitrogens is 2. The molecule has 1 heterocycles. The van der Waals surface area contributed by atoms with Gasteiger partial charge < -0.3 is 5.32 Å². The van der Waals surface area contributed by atoms with Gasteiger partial charge in [0.15, 0.2) is 0 Å². The van der Waals surface area contributed by atoms with Crippen LogP contribution in [0.25, 0.3) is 0 Å². The maximum Gasteiger partial charge on any atom is 0.239 e. The van der Waals surface area contributed by atoms with E-state index in [4.69, 9.17) is 17.4 Å².